The van der Waals surface area contributed by atoms with Gasteiger partial charge in [0.05, 0.1) is 0 Å². The largest absolute Gasteiger partial charge is 0.320 e. The first-order valence-corrected chi connectivity index (χ1v) is 2.76. The highest BCUT2D eigenvalue weighted by Gasteiger charge is 2.15. The quantitative estimate of drug-likeness (QED) is 0.481. The third-order valence-electron chi connectivity index (χ3n) is 1.33. The van der Waals surface area contributed by atoms with Crippen LogP contribution in [0.2, 0.25) is 0 Å². The fraction of sp³-hybridized carbons (Fsp3) is 0.500. The van der Waals surface area contributed by atoms with Gasteiger partial charge in [-0.15, -0.1) is 0 Å². The molecule has 0 bridgehead atoms. The second kappa shape index (κ2) is 3.45. The molecular weight excluding hydrogens is 130 g/mol. The van der Waals surface area contributed by atoms with Gasteiger partial charge < -0.3 is 4.90 Å². The van der Waals surface area contributed by atoms with Gasteiger partial charge in [0.15, 0.2) is 0 Å². The van der Waals surface area contributed by atoms with Crippen molar-refractivity contribution in [3.05, 3.63) is 12.8 Å². The lowest BCUT2D eigenvalue weighted by Gasteiger charge is -2.05. The van der Waals surface area contributed by atoms with E-state index < -0.39 is 0 Å². The normalized spacial score (nSPS) is 17.3. The minimum Gasteiger partial charge on any atom is -0.320 e. The van der Waals surface area contributed by atoms with Gasteiger partial charge in [-0.1, -0.05) is 6.58 Å². The number of likely N-dealkylation sites (tertiary alicyclic amines) is 1. The molecule has 0 atom stereocenters. The Bertz CT molecular complexity index is 124. The van der Waals surface area contributed by atoms with Crippen LogP contribution in [0.4, 0.5) is 0 Å². The molecule has 1 rings (SSSR count). The van der Waals surface area contributed by atoms with Crippen molar-refractivity contribution in [3.8, 4) is 0 Å². The molecule has 0 aromatic carbocycles. The minimum absolute atomic E-state index is 0. The van der Waals surface area contributed by atoms with E-state index in [2.05, 4.69) is 6.58 Å². The van der Waals surface area contributed by atoms with E-state index in [0.717, 1.165) is 13.0 Å². The van der Waals surface area contributed by atoms with Crippen molar-refractivity contribution in [2.24, 2.45) is 0 Å². The summed E-state index contributed by atoms with van der Waals surface area (Å²) < 4.78 is 0. The van der Waals surface area contributed by atoms with E-state index >= 15 is 0 Å². The summed E-state index contributed by atoms with van der Waals surface area (Å²) in [5.41, 5.74) is 0. The van der Waals surface area contributed by atoms with Crippen LogP contribution in [0.25, 0.3) is 0 Å². The van der Waals surface area contributed by atoms with Gasteiger partial charge >= 0.3 is 0 Å². The predicted octanol–water partition coefficient (Wildman–Crippen LogP) is 0.371. The molecule has 1 saturated heterocycles. The van der Waals surface area contributed by atoms with E-state index in [9.17, 15) is 4.79 Å². The Kier molecular flexibility index (Phi) is 3.23. The summed E-state index contributed by atoms with van der Waals surface area (Å²) in [6.45, 7) is 4.36. The monoisotopic (exact) mass is 139 g/mol. The van der Waals surface area contributed by atoms with E-state index in [4.69, 9.17) is 0 Å². The van der Waals surface area contributed by atoms with E-state index in [1.807, 2.05) is 0 Å². The summed E-state index contributed by atoms with van der Waals surface area (Å²) >= 11 is 0. The standard InChI is InChI=1S/C6H9NO.Si/c1-2-7-5-3-4-6(7)8;/h2H,1,3-5H2;. The lowest BCUT2D eigenvalue weighted by atomic mass is 10.4. The number of carbonyl (C=O) groups is 1. The average Bonchev–Trinajstić information content (AvgIpc) is 2.14. The maximum Gasteiger partial charge on any atom is 0.226 e. The van der Waals surface area contributed by atoms with Crippen LogP contribution in [0.1, 0.15) is 12.8 Å². The summed E-state index contributed by atoms with van der Waals surface area (Å²) in [5.74, 6) is 0.208. The van der Waals surface area contributed by atoms with Crippen LogP contribution in [-0.2, 0) is 4.79 Å². The molecule has 0 unspecified atom stereocenters. The lowest BCUT2D eigenvalue weighted by Crippen LogP contribution is -2.16. The lowest BCUT2D eigenvalue weighted by molar-refractivity contribution is -0.125. The van der Waals surface area contributed by atoms with Crippen molar-refractivity contribution < 1.29 is 4.79 Å². The zero-order valence-electron chi connectivity index (χ0n) is 5.26. The smallest absolute Gasteiger partial charge is 0.226 e. The van der Waals surface area contributed by atoms with Crippen LogP contribution in [0.15, 0.2) is 12.8 Å². The molecule has 1 aliphatic heterocycles. The van der Waals surface area contributed by atoms with Crippen LogP contribution >= 0.6 is 0 Å². The van der Waals surface area contributed by atoms with Gasteiger partial charge in [0.2, 0.25) is 5.91 Å². The molecule has 0 saturated carbocycles. The van der Waals surface area contributed by atoms with Crippen LogP contribution in [0.3, 0.4) is 0 Å². The molecule has 1 aliphatic rings. The zero-order chi connectivity index (χ0) is 5.98. The number of carbonyl (C=O) groups excluding carboxylic acids is 1. The Morgan fingerprint density at radius 1 is 1.67 bits per heavy atom. The van der Waals surface area contributed by atoms with Crippen molar-refractivity contribution in [2.75, 3.05) is 6.54 Å². The van der Waals surface area contributed by atoms with E-state index in [1.54, 1.807) is 11.1 Å². The van der Waals surface area contributed by atoms with Gasteiger partial charge in [0.1, 0.15) is 0 Å². The number of hydrogen-bond donors (Lipinski definition) is 0. The van der Waals surface area contributed by atoms with E-state index in [-0.39, 0.29) is 16.9 Å². The molecule has 9 heavy (non-hydrogen) atoms. The summed E-state index contributed by atoms with van der Waals surface area (Å²) in [5, 5.41) is 0. The summed E-state index contributed by atoms with van der Waals surface area (Å²) in [4.78, 5) is 12.3. The van der Waals surface area contributed by atoms with Crippen LogP contribution in [-0.4, -0.2) is 28.3 Å². The van der Waals surface area contributed by atoms with Gasteiger partial charge in [0, 0.05) is 23.9 Å². The first-order valence-electron chi connectivity index (χ1n) is 2.76. The Hall–Kier alpha value is -0.573. The molecule has 3 heteroatoms. The molecule has 2 nitrogen and oxygen atoms in total. The summed E-state index contributed by atoms with van der Waals surface area (Å²) in [6.07, 6.45) is 3.28. The van der Waals surface area contributed by atoms with Crippen LogP contribution in [0, 0.1) is 0 Å². The molecule has 1 heterocycles. The van der Waals surface area contributed by atoms with Gasteiger partial charge in [-0.2, -0.15) is 0 Å². The van der Waals surface area contributed by atoms with Crippen molar-refractivity contribution >= 4 is 16.9 Å². The molecule has 1 fully saturated rings. The molecule has 0 aromatic heterocycles. The third kappa shape index (κ3) is 1.68. The van der Waals surface area contributed by atoms with Gasteiger partial charge in [-0.25, -0.2) is 0 Å². The van der Waals surface area contributed by atoms with Crippen molar-refractivity contribution in [2.45, 2.75) is 12.8 Å². The van der Waals surface area contributed by atoms with Crippen molar-refractivity contribution in [3.63, 3.8) is 0 Å². The van der Waals surface area contributed by atoms with Gasteiger partial charge in [-0.3, -0.25) is 4.79 Å². The maximum absolute atomic E-state index is 10.7. The van der Waals surface area contributed by atoms with E-state index in [1.165, 1.54) is 0 Å². The molecule has 0 aliphatic carbocycles. The molecule has 0 N–H and O–H groups in total. The highest BCUT2D eigenvalue weighted by molar-refractivity contribution is 5.78. The fourth-order valence-corrected chi connectivity index (χ4v) is 0.862. The molecule has 1 amide bonds. The number of nitrogens with zero attached hydrogens (tertiary/aromatic N) is 1. The van der Waals surface area contributed by atoms with Crippen LogP contribution in [0.5, 0.6) is 0 Å². The second-order valence-electron chi connectivity index (χ2n) is 1.87. The Morgan fingerprint density at radius 3 is 2.56 bits per heavy atom. The SMILES string of the molecule is C=CN1CCCC1=O.[Si]. The van der Waals surface area contributed by atoms with Crippen molar-refractivity contribution in [1.82, 2.24) is 4.90 Å². The zero-order valence-corrected chi connectivity index (χ0v) is 6.26. The minimum atomic E-state index is 0. The Morgan fingerprint density at radius 2 is 2.33 bits per heavy atom. The molecule has 0 aromatic rings. The topological polar surface area (TPSA) is 20.3 Å². The summed E-state index contributed by atoms with van der Waals surface area (Å²) in [7, 11) is 0. The maximum atomic E-state index is 10.7. The number of hydrogen-bond acceptors (Lipinski definition) is 1. The molecule has 0 spiro atoms. The molecule has 48 valence electrons. The Balaban J connectivity index is 0.000000640. The second-order valence-corrected chi connectivity index (χ2v) is 1.87. The van der Waals surface area contributed by atoms with Gasteiger partial charge in [-0.05, 0) is 12.6 Å². The van der Waals surface area contributed by atoms with Crippen molar-refractivity contribution in [1.29, 1.82) is 0 Å². The third-order valence-corrected chi connectivity index (χ3v) is 1.33. The predicted molar refractivity (Wildman–Crippen MR) is 36.9 cm³/mol. The molecular formula is C6H9NOSi. The number of rotatable bonds is 1. The van der Waals surface area contributed by atoms with Gasteiger partial charge in [0.25, 0.3) is 0 Å². The first-order chi connectivity index (χ1) is 3.84. The highest BCUT2D eigenvalue weighted by atomic mass is 28.1. The van der Waals surface area contributed by atoms with E-state index in [0.29, 0.717) is 6.42 Å². The molecule has 4 radical (unpaired) electrons. The van der Waals surface area contributed by atoms with Crippen LogP contribution < -0.4 is 0 Å². The summed E-state index contributed by atoms with van der Waals surface area (Å²) in [6, 6.07) is 0. The fourth-order valence-electron chi connectivity index (χ4n) is 0.862. The highest BCUT2D eigenvalue weighted by Crippen LogP contribution is 2.08. The number of amides is 1. The average molecular weight is 139 g/mol. The first kappa shape index (κ1) is 8.43. The Labute approximate surface area is 59.6 Å².